The highest BCUT2D eigenvalue weighted by Crippen LogP contribution is 2.47. The van der Waals surface area contributed by atoms with E-state index in [1.165, 1.54) is 12.7 Å². The van der Waals surface area contributed by atoms with Crippen molar-refractivity contribution in [2.45, 2.75) is 172 Å². The van der Waals surface area contributed by atoms with Crippen LogP contribution >= 0.6 is 0 Å². The quantitative estimate of drug-likeness (QED) is 0.119. The molecule has 0 aliphatic carbocycles. The summed E-state index contributed by atoms with van der Waals surface area (Å²) in [6.07, 6.45) is -0.857. The first kappa shape index (κ1) is 43.0. The molecule has 326 valence electrons. The molecule has 0 aromatic carbocycles. The molecule has 4 saturated heterocycles. The molecule has 9 atom stereocenters. The fourth-order valence-corrected chi connectivity index (χ4v) is 14.6. The molecular formula is C40H60N10O8Si2. The number of imidazole rings is 2. The summed E-state index contributed by atoms with van der Waals surface area (Å²) in [6, 6.07) is 5.69. The fraction of sp³-hybridized carbons (Fsp3) is 0.700. The molecule has 0 unspecified atom stereocenters. The second kappa shape index (κ2) is 16.2. The summed E-state index contributed by atoms with van der Waals surface area (Å²) in [6.45, 7) is 21.2. The Morgan fingerprint density at radius 1 is 0.700 bits per heavy atom. The molecule has 18 nitrogen and oxygen atoms in total. The van der Waals surface area contributed by atoms with Crippen LogP contribution in [0.15, 0.2) is 19.0 Å². The summed E-state index contributed by atoms with van der Waals surface area (Å²) in [4.78, 5) is 27.0. The molecule has 0 radical (unpaired) electrons. The van der Waals surface area contributed by atoms with Crippen LogP contribution in [0, 0.1) is 11.8 Å². The monoisotopic (exact) mass is 864 g/mol. The van der Waals surface area contributed by atoms with Crippen molar-refractivity contribution in [3.05, 3.63) is 24.8 Å². The molecule has 4 fully saturated rings. The van der Waals surface area contributed by atoms with Crippen molar-refractivity contribution in [2.75, 3.05) is 18.1 Å². The van der Waals surface area contributed by atoms with Crippen molar-refractivity contribution >= 4 is 50.6 Å². The lowest BCUT2D eigenvalue weighted by molar-refractivity contribution is -0.202. The number of hydrogen-bond donors (Lipinski definition) is 2. The molecule has 4 aromatic heterocycles. The Kier molecular flexibility index (Phi) is 11.7. The third-order valence-electron chi connectivity index (χ3n) is 13.0. The number of nitrogen functional groups attached to an aromatic ring is 2. The number of nitrogens with two attached hydrogens (primary N) is 2. The molecule has 20 heteroatoms. The van der Waals surface area contributed by atoms with Gasteiger partial charge >= 0.3 is 0 Å². The summed E-state index contributed by atoms with van der Waals surface area (Å²) < 4.78 is 57.9. The predicted octanol–water partition coefficient (Wildman–Crippen LogP) is 5.43. The molecule has 0 spiro atoms. The van der Waals surface area contributed by atoms with Gasteiger partial charge in [0.15, 0.2) is 74.9 Å². The normalized spacial score (nSPS) is 28.9. The molecule has 60 heavy (non-hydrogen) atoms. The second-order valence-electron chi connectivity index (χ2n) is 17.1. The van der Waals surface area contributed by atoms with Gasteiger partial charge in [0.2, 0.25) is 0 Å². The van der Waals surface area contributed by atoms with Crippen LogP contribution in [-0.4, -0.2) is 117 Å². The predicted molar refractivity (Wildman–Crippen MR) is 227 cm³/mol. The van der Waals surface area contributed by atoms with Crippen molar-refractivity contribution in [1.29, 1.82) is 0 Å². The molecule has 0 saturated carbocycles. The number of fused-ring (bicyclic) bond motifs is 4. The largest absolute Gasteiger partial charge is 0.414 e. The van der Waals surface area contributed by atoms with Gasteiger partial charge in [0.1, 0.15) is 60.9 Å². The molecule has 0 bridgehead atoms. The Balaban J connectivity index is 1.21. The number of ether oxygens (including phenoxy) is 6. The zero-order chi connectivity index (χ0) is 42.8. The van der Waals surface area contributed by atoms with E-state index in [9.17, 15) is 0 Å². The Labute approximate surface area is 353 Å². The first-order valence-corrected chi connectivity index (χ1v) is 26.5. The Bertz CT molecular complexity index is 2240. The Hall–Kier alpha value is -3.63. The summed E-state index contributed by atoms with van der Waals surface area (Å²) >= 11 is 0. The van der Waals surface area contributed by atoms with E-state index in [1.54, 1.807) is 6.33 Å². The lowest BCUT2D eigenvalue weighted by Crippen LogP contribution is -2.47. The van der Waals surface area contributed by atoms with Gasteiger partial charge in [-0.3, -0.25) is 9.13 Å². The van der Waals surface area contributed by atoms with Gasteiger partial charge in [0.25, 0.3) is 0 Å². The van der Waals surface area contributed by atoms with Gasteiger partial charge in [-0.05, 0) is 69.9 Å². The van der Waals surface area contributed by atoms with Crippen molar-refractivity contribution in [2.24, 2.45) is 0 Å². The van der Waals surface area contributed by atoms with E-state index < -0.39 is 83.4 Å². The van der Waals surface area contributed by atoms with Gasteiger partial charge in [0.05, 0.1) is 12.9 Å². The number of hydrogen-bond acceptors (Lipinski definition) is 16. The van der Waals surface area contributed by atoms with Crippen LogP contribution < -0.4 is 11.5 Å². The first-order valence-electron chi connectivity index (χ1n) is 21.4. The maximum atomic E-state index is 7.27. The smallest absolute Gasteiger partial charge is 0.193 e. The number of aromatic nitrogens is 8. The third-order valence-corrected chi connectivity index (χ3v) is 22.3. The van der Waals surface area contributed by atoms with E-state index in [1.807, 2.05) is 36.8 Å². The van der Waals surface area contributed by atoms with Crippen LogP contribution in [-0.2, 0) is 37.3 Å². The molecule has 4 aromatic rings. The zero-order valence-corrected chi connectivity index (χ0v) is 38.4. The Morgan fingerprint density at radius 2 is 1.27 bits per heavy atom. The fourth-order valence-electron chi connectivity index (χ4n) is 9.29. The van der Waals surface area contributed by atoms with E-state index in [4.69, 9.17) is 53.7 Å². The van der Waals surface area contributed by atoms with Crippen LogP contribution in [0.25, 0.3) is 22.3 Å². The lowest BCUT2D eigenvalue weighted by atomic mass is 10.1. The highest BCUT2D eigenvalue weighted by atomic mass is 28.4. The number of rotatable bonds is 14. The van der Waals surface area contributed by atoms with E-state index in [0.29, 0.717) is 34.8 Å². The minimum absolute atomic E-state index is 0.215. The molecule has 4 aliphatic rings. The van der Waals surface area contributed by atoms with Crippen molar-refractivity contribution in [3.63, 3.8) is 0 Å². The minimum atomic E-state index is -2.34. The summed E-state index contributed by atoms with van der Waals surface area (Å²) in [5.74, 6) is 5.96. The second-order valence-corrected chi connectivity index (χ2v) is 26.6. The molecule has 0 amide bonds. The zero-order valence-electron chi connectivity index (χ0n) is 36.4. The standard InChI is InChI=1S/C40H60N10O8Si2/c1-11-59(12-2,13-3)51-19-24-29-31(56-39(7,8)54-29)38(52-24)50-25(48-27-34(42)44-21-46-36(27)50)18-17-23(58-60(14-4,15-5)16-6)28-30-32(57-40(9,10)55-30)37(53-28)49-22-47-26-33(41)43-20-45-35(26)49/h20-24,28-32,37-38H,11-16,19H2,1-10H3,(H2,41,43,45)(H2,42,44,46)/t23-,24+,28+,29+,30+,31+,32+,37+,38+/m0/s1. The van der Waals surface area contributed by atoms with Gasteiger partial charge in [-0.15, -0.1) is 0 Å². The van der Waals surface area contributed by atoms with Gasteiger partial charge in [-0.1, -0.05) is 47.5 Å². The molecule has 4 aliphatic heterocycles. The van der Waals surface area contributed by atoms with Gasteiger partial charge in [0, 0.05) is 0 Å². The van der Waals surface area contributed by atoms with Gasteiger partial charge in [-0.25, -0.2) is 29.9 Å². The van der Waals surface area contributed by atoms with Crippen LogP contribution in [0.2, 0.25) is 36.3 Å². The van der Waals surface area contributed by atoms with Gasteiger partial charge < -0.3 is 48.7 Å². The lowest BCUT2D eigenvalue weighted by Gasteiger charge is -2.35. The van der Waals surface area contributed by atoms with Crippen LogP contribution in [0.5, 0.6) is 0 Å². The minimum Gasteiger partial charge on any atom is -0.414 e. The average molecular weight is 865 g/mol. The maximum Gasteiger partial charge on any atom is 0.193 e. The summed E-state index contributed by atoms with van der Waals surface area (Å²) in [5.41, 5.74) is 14.5. The van der Waals surface area contributed by atoms with Crippen LogP contribution in [0.4, 0.5) is 11.6 Å². The maximum absolute atomic E-state index is 7.27. The van der Waals surface area contributed by atoms with Crippen LogP contribution in [0.1, 0.15) is 87.5 Å². The average Bonchev–Trinajstić information content (AvgIpc) is 4.07. The van der Waals surface area contributed by atoms with E-state index in [2.05, 4.69) is 78.3 Å². The molecule has 4 N–H and O–H groups in total. The molecule has 8 rings (SSSR count). The summed E-state index contributed by atoms with van der Waals surface area (Å²) in [7, 11) is -4.29. The summed E-state index contributed by atoms with van der Waals surface area (Å²) in [5, 5.41) is 0. The van der Waals surface area contributed by atoms with Crippen molar-refractivity contribution in [3.8, 4) is 11.8 Å². The van der Waals surface area contributed by atoms with E-state index in [-0.39, 0.29) is 11.6 Å². The topological polar surface area (TPSA) is 213 Å². The number of nitrogens with zero attached hydrogens (tertiary/aromatic N) is 8. The van der Waals surface area contributed by atoms with E-state index >= 15 is 0 Å². The number of anilines is 2. The molecular weight excluding hydrogens is 805 g/mol. The van der Waals surface area contributed by atoms with Gasteiger partial charge in [-0.2, -0.15) is 0 Å². The molecule has 8 heterocycles. The first-order chi connectivity index (χ1) is 28.6. The van der Waals surface area contributed by atoms with Crippen molar-refractivity contribution in [1.82, 2.24) is 39.0 Å². The Morgan fingerprint density at radius 3 is 1.90 bits per heavy atom. The highest BCUT2D eigenvalue weighted by molar-refractivity contribution is 6.74. The highest BCUT2D eigenvalue weighted by Gasteiger charge is 2.60. The third kappa shape index (κ3) is 7.54. The SMILES string of the molecule is CC[Si](CC)(CC)OC[C@H]1O[C@@H](n2c(C#C[C@H](O[Si](CC)(CC)CC)[C@H]3O[C@@H](n4cnc5c(N)ncnc54)[C@@H]4OC(C)(C)O[C@@H]43)nc3c(N)ncnc32)[C@@H]2OC(C)(C)O[C@@H]21. The van der Waals surface area contributed by atoms with Crippen LogP contribution in [0.3, 0.4) is 0 Å². The van der Waals surface area contributed by atoms with Crippen molar-refractivity contribution < 1.29 is 37.3 Å². The van der Waals surface area contributed by atoms with E-state index in [0.717, 1.165) is 36.3 Å².